The van der Waals surface area contributed by atoms with Crippen molar-refractivity contribution in [2.45, 2.75) is 13.3 Å². The molecule has 0 amide bonds. The van der Waals surface area contributed by atoms with Crippen LogP contribution < -0.4 is 9.47 Å². The summed E-state index contributed by atoms with van der Waals surface area (Å²) >= 11 is 0. The van der Waals surface area contributed by atoms with E-state index in [4.69, 9.17) is 14.3 Å². The maximum atomic E-state index is 12.2. The molecule has 0 aliphatic carbocycles. The molecule has 0 radical (unpaired) electrons. The summed E-state index contributed by atoms with van der Waals surface area (Å²) in [5, 5.41) is 3.94. The molecule has 0 unspecified atom stereocenters. The van der Waals surface area contributed by atoms with Gasteiger partial charge in [-0.25, -0.2) is 4.79 Å². The number of carbonyl (C=O) groups excluding carboxylic acids is 1. The van der Waals surface area contributed by atoms with Crippen LogP contribution >= 0.6 is 0 Å². The lowest BCUT2D eigenvalue weighted by Gasteiger charge is -2.14. The summed E-state index contributed by atoms with van der Waals surface area (Å²) in [6.45, 7) is 6.21. The third kappa shape index (κ3) is 3.92. The number of hydrogen-bond donors (Lipinski definition) is 0. The van der Waals surface area contributed by atoms with Crippen LogP contribution in [0.25, 0.3) is 6.08 Å². The molecule has 138 valence electrons. The first kappa shape index (κ1) is 18.5. The van der Waals surface area contributed by atoms with E-state index in [1.165, 1.54) is 0 Å². The minimum atomic E-state index is -0.479. The fraction of sp³-hybridized carbons (Fsp3) is 0.182. The van der Waals surface area contributed by atoms with Gasteiger partial charge in [-0.15, -0.1) is 6.58 Å². The van der Waals surface area contributed by atoms with Gasteiger partial charge in [0.1, 0.15) is 5.71 Å². The third-order valence-electron chi connectivity index (χ3n) is 4.08. The van der Waals surface area contributed by atoms with Crippen molar-refractivity contribution in [3.8, 4) is 11.5 Å². The lowest BCUT2D eigenvalue weighted by atomic mass is 9.99. The Morgan fingerprint density at radius 2 is 2.00 bits per heavy atom. The van der Waals surface area contributed by atoms with E-state index in [1.54, 1.807) is 19.3 Å². The molecule has 0 N–H and O–H groups in total. The Kier molecular flexibility index (Phi) is 5.71. The Morgan fingerprint density at radius 1 is 1.22 bits per heavy atom. The second kappa shape index (κ2) is 8.36. The van der Waals surface area contributed by atoms with E-state index in [9.17, 15) is 4.79 Å². The van der Waals surface area contributed by atoms with E-state index < -0.39 is 5.97 Å². The van der Waals surface area contributed by atoms with E-state index in [1.807, 2.05) is 49.4 Å². The normalized spacial score (nSPS) is 14.7. The molecule has 2 aromatic carbocycles. The fourth-order valence-corrected chi connectivity index (χ4v) is 2.95. The van der Waals surface area contributed by atoms with E-state index in [0.29, 0.717) is 35.8 Å². The van der Waals surface area contributed by atoms with Crippen LogP contribution in [0, 0.1) is 0 Å². The highest BCUT2D eigenvalue weighted by Gasteiger charge is 2.27. The van der Waals surface area contributed by atoms with Crippen LogP contribution in [0.2, 0.25) is 0 Å². The molecule has 0 saturated heterocycles. The van der Waals surface area contributed by atoms with Gasteiger partial charge < -0.3 is 14.3 Å². The van der Waals surface area contributed by atoms with Crippen LogP contribution in [-0.2, 0) is 16.1 Å². The lowest BCUT2D eigenvalue weighted by molar-refractivity contribution is -0.136. The molecule has 3 rings (SSSR count). The van der Waals surface area contributed by atoms with Gasteiger partial charge in [-0.2, -0.15) is 0 Å². The summed E-state index contributed by atoms with van der Waals surface area (Å²) in [7, 11) is 1.61. The zero-order valence-electron chi connectivity index (χ0n) is 15.4. The van der Waals surface area contributed by atoms with Crippen LogP contribution in [0.5, 0.6) is 11.5 Å². The Bertz CT molecular complexity index is 913. The highest BCUT2D eigenvalue weighted by Crippen LogP contribution is 2.34. The number of allylic oxidation sites excluding steroid dienone is 1. The molecule has 1 aliphatic heterocycles. The van der Waals surface area contributed by atoms with Gasteiger partial charge in [-0.05, 0) is 37.1 Å². The van der Waals surface area contributed by atoms with E-state index in [-0.39, 0.29) is 0 Å². The Hall–Kier alpha value is -3.34. The van der Waals surface area contributed by atoms with Crippen molar-refractivity contribution in [1.82, 2.24) is 0 Å². The van der Waals surface area contributed by atoms with Crippen molar-refractivity contribution in [3.05, 3.63) is 77.4 Å². The number of nitrogens with zero attached hydrogens (tertiary/aromatic N) is 1. The van der Waals surface area contributed by atoms with Gasteiger partial charge in [0.15, 0.2) is 11.5 Å². The molecule has 0 atom stereocenters. The van der Waals surface area contributed by atoms with Gasteiger partial charge >= 0.3 is 5.97 Å². The first-order valence-corrected chi connectivity index (χ1v) is 8.69. The number of oxime groups is 1. The van der Waals surface area contributed by atoms with Crippen LogP contribution in [0.3, 0.4) is 0 Å². The van der Waals surface area contributed by atoms with Crippen LogP contribution in [-0.4, -0.2) is 25.4 Å². The molecule has 5 nitrogen and oxygen atoms in total. The number of ether oxygens (including phenoxy) is 2. The number of rotatable bonds is 7. The van der Waals surface area contributed by atoms with E-state index in [0.717, 1.165) is 16.7 Å². The fourth-order valence-electron chi connectivity index (χ4n) is 2.95. The molecule has 0 bridgehead atoms. The largest absolute Gasteiger partial charge is 0.493 e. The summed E-state index contributed by atoms with van der Waals surface area (Å²) in [6, 6.07) is 13.3. The number of carbonyl (C=O) groups is 1. The van der Waals surface area contributed by atoms with Crippen molar-refractivity contribution >= 4 is 17.8 Å². The summed E-state index contributed by atoms with van der Waals surface area (Å²) in [4.78, 5) is 17.1. The van der Waals surface area contributed by atoms with Gasteiger partial charge in [-0.3, -0.25) is 0 Å². The van der Waals surface area contributed by atoms with Gasteiger partial charge in [0.2, 0.25) is 0 Å². The predicted octanol–water partition coefficient (Wildman–Crippen LogP) is 4.17. The highest BCUT2D eigenvalue weighted by atomic mass is 16.7. The zero-order chi connectivity index (χ0) is 19.2. The third-order valence-corrected chi connectivity index (χ3v) is 4.08. The average molecular weight is 363 g/mol. The van der Waals surface area contributed by atoms with Crippen LogP contribution in [0.1, 0.15) is 23.6 Å². The average Bonchev–Trinajstić information content (AvgIpc) is 3.03. The van der Waals surface area contributed by atoms with Gasteiger partial charge in [0, 0.05) is 11.1 Å². The van der Waals surface area contributed by atoms with Gasteiger partial charge in [-0.1, -0.05) is 41.6 Å². The molecule has 2 aromatic rings. The predicted molar refractivity (Wildman–Crippen MR) is 105 cm³/mol. The van der Waals surface area contributed by atoms with Crippen molar-refractivity contribution in [1.29, 1.82) is 0 Å². The maximum Gasteiger partial charge on any atom is 0.368 e. The summed E-state index contributed by atoms with van der Waals surface area (Å²) in [5.74, 6) is 0.813. The standard InChI is InChI=1S/C22H21NO4/c1-4-9-17-12-15(14-19(26-5-2)21(17)25-3)13-18-20(23-27-22(18)24)16-10-7-6-8-11-16/h4,6-8,10-14H,1,5,9H2,2-3H3/b18-13-. The smallest absolute Gasteiger partial charge is 0.368 e. The quantitative estimate of drug-likeness (QED) is 0.421. The van der Waals surface area contributed by atoms with Crippen molar-refractivity contribution in [2.24, 2.45) is 5.16 Å². The summed E-state index contributed by atoms with van der Waals surface area (Å²) in [5.41, 5.74) is 3.46. The monoisotopic (exact) mass is 363 g/mol. The van der Waals surface area contributed by atoms with Crippen molar-refractivity contribution in [2.75, 3.05) is 13.7 Å². The maximum absolute atomic E-state index is 12.2. The Morgan fingerprint density at radius 3 is 2.67 bits per heavy atom. The molecule has 0 aromatic heterocycles. The molecule has 0 spiro atoms. The minimum absolute atomic E-state index is 0.401. The first-order valence-electron chi connectivity index (χ1n) is 8.69. The molecule has 0 saturated carbocycles. The molecule has 1 aliphatic rings. The Labute approximate surface area is 158 Å². The molecule has 27 heavy (non-hydrogen) atoms. The number of methoxy groups -OCH3 is 1. The van der Waals surface area contributed by atoms with Crippen LogP contribution in [0.4, 0.5) is 0 Å². The lowest BCUT2D eigenvalue weighted by Crippen LogP contribution is -2.07. The molecular formula is C22H21NO4. The number of benzene rings is 2. The first-order chi connectivity index (χ1) is 13.2. The van der Waals surface area contributed by atoms with E-state index in [2.05, 4.69) is 11.7 Å². The second-order valence-corrected chi connectivity index (χ2v) is 5.88. The van der Waals surface area contributed by atoms with Gasteiger partial charge in [0.25, 0.3) is 0 Å². The molecule has 1 heterocycles. The molecule has 5 heteroatoms. The SMILES string of the molecule is C=CCc1cc(/C=C2\C(=O)ON=C2c2ccccc2)cc(OCC)c1OC. The van der Waals surface area contributed by atoms with E-state index >= 15 is 0 Å². The van der Waals surface area contributed by atoms with Crippen LogP contribution in [0.15, 0.2) is 65.8 Å². The zero-order valence-corrected chi connectivity index (χ0v) is 15.4. The van der Waals surface area contributed by atoms with Crippen molar-refractivity contribution < 1.29 is 19.1 Å². The highest BCUT2D eigenvalue weighted by molar-refractivity contribution is 6.31. The number of hydrogen-bond acceptors (Lipinski definition) is 5. The molecule has 0 fully saturated rings. The summed E-state index contributed by atoms with van der Waals surface area (Å²) < 4.78 is 11.2. The second-order valence-electron chi connectivity index (χ2n) is 5.88. The topological polar surface area (TPSA) is 57.1 Å². The van der Waals surface area contributed by atoms with Crippen molar-refractivity contribution in [3.63, 3.8) is 0 Å². The van der Waals surface area contributed by atoms with Gasteiger partial charge in [0.05, 0.1) is 19.3 Å². The summed E-state index contributed by atoms with van der Waals surface area (Å²) in [6.07, 6.45) is 4.17. The minimum Gasteiger partial charge on any atom is -0.493 e. The Balaban J connectivity index is 2.08. The molecular weight excluding hydrogens is 342 g/mol.